The van der Waals surface area contributed by atoms with Crippen LogP contribution in [0.25, 0.3) is 0 Å². The number of hydrogen-bond acceptors (Lipinski definition) is 6. The number of phenolic OH excluding ortho intramolecular Hbond substituents is 1. The number of aliphatic imine (C=N–C) groups is 1. The van der Waals surface area contributed by atoms with Crippen molar-refractivity contribution in [3.05, 3.63) is 83.7 Å². The third-order valence-electron chi connectivity index (χ3n) is 6.72. The molecule has 5 rings (SSSR count). The van der Waals surface area contributed by atoms with E-state index in [2.05, 4.69) is 4.99 Å². The van der Waals surface area contributed by atoms with E-state index in [4.69, 9.17) is 0 Å². The lowest BCUT2D eigenvalue weighted by Gasteiger charge is -2.45. The Bertz CT molecular complexity index is 1370. The van der Waals surface area contributed by atoms with Crippen LogP contribution in [-0.4, -0.2) is 53.2 Å². The summed E-state index contributed by atoms with van der Waals surface area (Å²) in [7, 11) is 0. The van der Waals surface area contributed by atoms with Gasteiger partial charge in [0.2, 0.25) is 5.96 Å². The predicted octanol–water partition coefficient (Wildman–Crippen LogP) is 5.40. The summed E-state index contributed by atoms with van der Waals surface area (Å²) in [6.07, 6.45) is -5.02. The summed E-state index contributed by atoms with van der Waals surface area (Å²) >= 11 is 0. The van der Waals surface area contributed by atoms with Gasteiger partial charge in [0.25, 0.3) is 0 Å². The number of fused-ring (bicyclic) bond motifs is 1. The van der Waals surface area contributed by atoms with Crippen LogP contribution in [0.5, 0.6) is 5.75 Å². The van der Waals surface area contributed by atoms with Crippen LogP contribution in [0, 0.1) is 5.82 Å². The van der Waals surface area contributed by atoms with E-state index in [0.29, 0.717) is 31.7 Å². The predicted molar refractivity (Wildman–Crippen MR) is 134 cm³/mol. The highest BCUT2D eigenvalue weighted by atomic mass is 19.4. The van der Waals surface area contributed by atoms with Gasteiger partial charge in [-0.05, 0) is 48.5 Å². The number of carboxylic acids is 1. The van der Waals surface area contributed by atoms with E-state index >= 15 is 0 Å². The number of rotatable bonds is 4. The maximum absolute atomic E-state index is 13.6. The van der Waals surface area contributed by atoms with E-state index in [9.17, 15) is 32.6 Å². The highest BCUT2D eigenvalue weighted by Gasteiger charge is 2.38. The van der Waals surface area contributed by atoms with Crippen molar-refractivity contribution in [1.82, 2.24) is 4.90 Å². The number of hydrogen-bond donors (Lipinski definition) is 2. The number of aromatic hydroxyl groups is 1. The molecule has 0 amide bonds. The molecule has 3 aromatic rings. The van der Waals surface area contributed by atoms with Crippen LogP contribution in [0.4, 0.5) is 34.6 Å². The lowest BCUT2D eigenvalue weighted by Crippen LogP contribution is -2.55. The standard InChI is InChI=1S/C27H24F4N4O3/c28-18-7-9-19(10-8-18)33-11-13-34(14-12-33)26-32-25-21(5-2-6-23(25)36)22(16-24(37)38)35(26)20-4-1-3-17(15-20)27(29,30)31/h1-10,15,22,36H,11-14,16H2,(H,37,38). The minimum absolute atomic E-state index is 0.139. The molecule has 1 fully saturated rings. The molecule has 0 aliphatic carbocycles. The number of guanidine groups is 1. The van der Waals surface area contributed by atoms with E-state index in [1.165, 1.54) is 35.2 Å². The largest absolute Gasteiger partial charge is 0.506 e. The zero-order chi connectivity index (χ0) is 27.0. The molecule has 2 aliphatic rings. The Morgan fingerprint density at radius 1 is 0.921 bits per heavy atom. The van der Waals surface area contributed by atoms with Gasteiger partial charge < -0.3 is 24.9 Å². The van der Waals surface area contributed by atoms with Gasteiger partial charge in [-0.25, -0.2) is 9.38 Å². The number of benzene rings is 3. The summed E-state index contributed by atoms with van der Waals surface area (Å²) in [6.45, 7) is 1.85. The molecule has 11 heteroatoms. The maximum atomic E-state index is 13.6. The van der Waals surface area contributed by atoms with Gasteiger partial charge in [0.15, 0.2) is 0 Å². The number of anilines is 2. The van der Waals surface area contributed by atoms with Crippen molar-refractivity contribution >= 4 is 29.0 Å². The molecule has 0 aromatic heterocycles. The SMILES string of the molecule is O=C(O)CC1c2cccc(O)c2N=C(N2CCN(c3ccc(F)cc3)CC2)N1c1cccc(C(F)(F)F)c1. The van der Waals surface area contributed by atoms with Gasteiger partial charge in [0.05, 0.1) is 18.0 Å². The van der Waals surface area contributed by atoms with Crippen LogP contribution >= 0.6 is 0 Å². The van der Waals surface area contributed by atoms with Crippen molar-refractivity contribution in [3.63, 3.8) is 0 Å². The molecular weight excluding hydrogens is 504 g/mol. The van der Waals surface area contributed by atoms with Crippen molar-refractivity contribution in [2.75, 3.05) is 36.0 Å². The Morgan fingerprint density at radius 3 is 2.24 bits per heavy atom. The monoisotopic (exact) mass is 528 g/mol. The Hall–Kier alpha value is -4.28. The first-order chi connectivity index (χ1) is 18.1. The molecule has 1 saturated heterocycles. The molecule has 2 N–H and O–H groups in total. The third-order valence-corrected chi connectivity index (χ3v) is 6.72. The number of carbonyl (C=O) groups is 1. The van der Waals surface area contributed by atoms with Crippen molar-refractivity contribution in [2.45, 2.75) is 18.6 Å². The summed E-state index contributed by atoms with van der Waals surface area (Å²) in [5, 5.41) is 20.3. The number of carboxylic acid groups (broad SMARTS) is 1. The highest BCUT2D eigenvalue weighted by Crippen LogP contribution is 2.45. The smallest absolute Gasteiger partial charge is 0.416 e. The molecule has 7 nitrogen and oxygen atoms in total. The van der Waals surface area contributed by atoms with E-state index in [-0.39, 0.29) is 28.9 Å². The van der Waals surface area contributed by atoms with Gasteiger partial charge in [0.1, 0.15) is 17.3 Å². The van der Waals surface area contributed by atoms with E-state index in [1.54, 1.807) is 24.3 Å². The van der Waals surface area contributed by atoms with Gasteiger partial charge in [-0.3, -0.25) is 4.79 Å². The van der Waals surface area contributed by atoms with Crippen LogP contribution in [0.1, 0.15) is 23.6 Å². The number of phenols is 1. The van der Waals surface area contributed by atoms with Gasteiger partial charge in [-0.1, -0.05) is 18.2 Å². The van der Waals surface area contributed by atoms with Gasteiger partial charge >= 0.3 is 12.1 Å². The van der Waals surface area contributed by atoms with Crippen LogP contribution in [0.2, 0.25) is 0 Å². The second kappa shape index (κ2) is 9.88. The fourth-order valence-corrected chi connectivity index (χ4v) is 4.91. The van der Waals surface area contributed by atoms with Crippen molar-refractivity contribution in [3.8, 4) is 5.75 Å². The first kappa shape index (κ1) is 25.4. The first-order valence-electron chi connectivity index (χ1n) is 12.0. The average Bonchev–Trinajstić information content (AvgIpc) is 2.89. The topological polar surface area (TPSA) is 79.6 Å². The van der Waals surface area contributed by atoms with Crippen molar-refractivity contribution in [2.24, 2.45) is 4.99 Å². The Labute approximate surface area is 215 Å². The van der Waals surface area contributed by atoms with Crippen LogP contribution in [-0.2, 0) is 11.0 Å². The third kappa shape index (κ3) is 4.96. The summed E-state index contributed by atoms with van der Waals surface area (Å²) in [5.41, 5.74) is 0.695. The molecule has 2 heterocycles. The molecule has 0 spiro atoms. The van der Waals surface area contributed by atoms with Gasteiger partial charge in [0, 0.05) is 43.1 Å². The molecule has 38 heavy (non-hydrogen) atoms. The van der Waals surface area contributed by atoms with E-state index in [0.717, 1.165) is 17.8 Å². The van der Waals surface area contributed by atoms with E-state index in [1.807, 2.05) is 9.80 Å². The second-order valence-electron chi connectivity index (χ2n) is 9.11. The summed E-state index contributed by atoms with van der Waals surface area (Å²) in [4.78, 5) is 22.0. The summed E-state index contributed by atoms with van der Waals surface area (Å²) in [5.74, 6) is -1.39. The molecule has 3 aromatic carbocycles. The summed E-state index contributed by atoms with van der Waals surface area (Å²) in [6, 6.07) is 14.5. The quantitative estimate of drug-likeness (QED) is 0.442. The first-order valence-corrected chi connectivity index (χ1v) is 12.0. The Kier molecular flexibility index (Phi) is 6.60. The molecule has 0 radical (unpaired) electrons. The highest BCUT2D eigenvalue weighted by molar-refractivity contribution is 6.02. The number of para-hydroxylation sites is 1. The fraction of sp³-hybridized carbons (Fsp3) is 0.259. The molecule has 1 unspecified atom stereocenters. The normalized spacial score (nSPS) is 17.7. The average molecular weight is 529 g/mol. The van der Waals surface area contributed by atoms with Crippen molar-refractivity contribution < 1.29 is 32.6 Å². The zero-order valence-corrected chi connectivity index (χ0v) is 20.1. The van der Waals surface area contributed by atoms with Gasteiger partial charge in [-0.15, -0.1) is 0 Å². The molecule has 0 saturated carbocycles. The minimum atomic E-state index is -4.59. The molecule has 1 atom stereocenters. The molecule has 198 valence electrons. The zero-order valence-electron chi connectivity index (χ0n) is 20.1. The van der Waals surface area contributed by atoms with Gasteiger partial charge in [-0.2, -0.15) is 13.2 Å². The number of alkyl halides is 3. The molecule has 0 bridgehead atoms. The second-order valence-corrected chi connectivity index (χ2v) is 9.11. The number of aliphatic carboxylic acids is 1. The summed E-state index contributed by atoms with van der Waals surface area (Å²) < 4.78 is 54.2. The number of piperazine rings is 1. The van der Waals surface area contributed by atoms with Crippen LogP contribution in [0.15, 0.2) is 71.7 Å². The molecular formula is C27H24F4N4O3. The Balaban J connectivity index is 1.56. The minimum Gasteiger partial charge on any atom is -0.506 e. The Morgan fingerprint density at radius 2 is 1.58 bits per heavy atom. The molecule has 2 aliphatic heterocycles. The number of halogens is 4. The van der Waals surface area contributed by atoms with Crippen molar-refractivity contribution in [1.29, 1.82) is 0 Å². The van der Waals surface area contributed by atoms with Crippen LogP contribution < -0.4 is 9.80 Å². The lowest BCUT2D eigenvalue weighted by atomic mass is 9.96. The number of nitrogens with zero attached hydrogens (tertiary/aromatic N) is 4. The fourth-order valence-electron chi connectivity index (χ4n) is 4.91. The maximum Gasteiger partial charge on any atom is 0.416 e. The lowest BCUT2D eigenvalue weighted by molar-refractivity contribution is -0.138. The van der Waals surface area contributed by atoms with Crippen LogP contribution in [0.3, 0.4) is 0 Å². The van der Waals surface area contributed by atoms with E-state index < -0.39 is 30.2 Å².